The Morgan fingerprint density at radius 3 is 2.05 bits per heavy atom. The van der Waals surface area contributed by atoms with Crippen molar-refractivity contribution in [3.05, 3.63) is 0 Å². The smallest absolute Gasteiger partial charge is 0.328 e. The van der Waals surface area contributed by atoms with E-state index >= 15 is 0 Å². The zero-order valence-electron chi connectivity index (χ0n) is 14.0. The second kappa shape index (κ2) is 10.9. The van der Waals surface area contributed by atoms with Crippen LogP contribution in [0, 0.1) is 11.8 Å². The van der Waals surface area contributed by atoms with Crippen LogP contribution in [0.4, 0.5) is 0 Å². The first-order chi connectivity index (χ1) is 9.18. The molecule has 0 aliphatic rings. The number of halogens is 1. The first kappa shape index (κ1) is 22.5. The van der Waals surface area contributed by atoms with Crippen LogP contribution >= 0.6 is 12.4 Å². The van der Waals surface area contributed by atoms with Gasteiger partial charge in [-0.05, 0) is 32.1 Å². The predicted molar refractivity (Wildman–Crippen MR) is 87.3 cm³/mol. The Morgan fingerprint density at radius 1 is 1.14 bits per heavy atom. The van der Waals surface area contributed by atoms with Gasteiger partial charge >= 0.3 is 5.97 Å². The average molecular weight is 323 g/mol. The molecule has 1 amide bonds. The number of nitrogens with two attached hydrogens (primary N) is 1. The second-order valence-electron chi connectivity index (χ2n) is 6.09. The highest BCUT2D eigenvalue weighted by Gasteiger charge is 2.27. The number of amides is 1. The minimum atomic E-state index is -0.625. The predicted octanol–water partition coefficient (Wildman–Crippen LogP) is 2.26. The summed E-state index contributed by atoms with van der Waals surface area (Å²) in [6.07, 6.45) is 1.17. The third-order valence-electron chi connectivity index (χ3n) is 3.22. The van der Waals surface area contributed by atoms with Gasteiger partial charge in [0, 0.05) is 0 Å². The van der Waals surface area contributed by atoms with Gasteiger partial charge in [-0.3, -0.25) is 4.79 Å². The number of hydrogen-bond donors (Lipinski definition) is 2. The van der Waals surface area contributed by atoms with Gasteiger partial charge < -0.3 is 15.8 Å². The quantitative estimate of drug-likeness (QED) is 0.672. The maximum Gasteiger partial charge on any atom is 0.328 e. The van der Waals surface area contributed by atoms with Gasteiger partial charge in [0.2, 0.25) is 5.91 Å². The fourth-order valence-electron chi connectivity index (χ4n) is 1.78. The summed E-state index contributed by atoms with van der Waals surface area (Å²) < 4.78 is 5.19. The Balaban J connectivity index is 0. The fraction of sp³-hybridized carbons (Fsp3) is 0.867. The summed E-state index contributed by atoms with van der Waals surface area (Å²) in [7, 11) is 0. The molecule has 0 aliphatic heterocycles. The lowest BCUT2D eigenvalue weighted by Gasteiger charge is -2.24. The molecule has 0 rings (SSSR count). The van der Waals surface area contributed by atoms with E-state index in [0.29, 0.717) is 6.42 Å². The first-order valence-corrected chi connectivity index (χ1v) is 7.45. The van der Waals surface area contributed by atoms with Crippen LogP contribution in [-0.2, 0) is 14.3 Å². The van der Waals surface area contributed by atoms with Crippen LogP contribution in [0.15, 0.2) is 0 Å². The van der Waals surface area contributed by atoms with Crippen molar-refractivity contribution in [2.45, 2.75) is 72.6 Å². The summed E-state index contributed by atoms with van der Waals surface area (Å²) in [4.78, 5) is 24.1. The molecule has 0 aromatic rings. The van der Waals surface area contributed by atoms with E-state index in [0.717, 1.165) is 6.42 Å². The van der Waals surface area contributed by atoms with E-state index in [4.69, 9.17) is 10.5 Å². The maximum atomic E-state index is 12.1. The molecule has 0 radical (unpaired) electrons. The second-order valence-corrected chi connectivity index (χ2v) is 6.09. The van der Waals surface area contributed by atoms with E-state index in [1.54, 1.807) is 13.8 Å². The number of carbonyl (C=O) groups excluding carboxylic acids is 2. The number of ether oxygens (including phenoxy) is 1. The van der Waals surface area contributed by atoms with Crippen molar-refractivity contribution in [1.29, 1.82) is 0 Å². The molecule has 0 aromatic heterocycles. The number of rotatable bonds is 8. The molecule has 0 heterocycles. The summed E-state index contributed by atoms with van der Waals surface area (Å²) in [6.45, 7) is 11.5. The number of hydrogen-bond acceptors (Lipinski definition) is 4. The topological polar surface area (TPSA) is 81.4 Å². The normalized spacial score (nSPS) is 15.1. The van der Waals surface area contributed by atoms with Crippen molar-refractivity contribution in [1.82, 2.24) is 5.32 Å². The highest BCUT2D eigenvalue weighted by molar-refractivity contribution is 5.87. The Morgan fingerprint density at radius 2 is 1.67 bits per heavy atom. The molecule has 6 heteroatoms. The summed E-state index contributed by atoms with van der Waals surface area (Å²) in [5, 5.41) is 2.73. The van der Waals surface area contributed by atoms with E-state index < -0.39 is 18.1 Å². The Kier molecular flexibility index (Phi) is 11.6. The summed E-state index contributed by atoms with van der Waals surface area (Å²) in [6, 6.07) is -1.22. The molecule has 0 spiro atoms. The minimum absolute atomic E-state index is 0. The van der Waals surface area contributed by atoms with Gasteiger partial charge in [0.15, 0.2) is 0 Å². The average Bonchev–Trinajstić information content (AvgIpc) is 2.34. The van der Waals surface area contributed by atoms with Crippen molar-refractivity contribution in [3.8, 4) is 0 Å². The number of carbonyl (C=O) groups is 2. The third-order valence-corrected chi connectivity index (χ3v) is 3.22. The zero-order valence-corrected chi connectivity index (χ0v) is 14.8. The Bertz CT molecular complexity index is 322. The van der Waals surface area contributed by atoms with E-state index in [-0.39, 0.29) is 36.3 Å². The lowest BCUT2D eigenvalue weighted by atomic mass is 9.98. The molecule has 0 fully saturated rings. The van der Waals surface area contributed by atoms with Gasteiger partial charge in [-0.15, -0.1) is 12.4 Å². The van der Waals surface area contributed by atoms with E-state index in [9.17, 15) is 9.59 Å². The number of esters is 1. The van der Waals surface area contributed by atoms with Crippen molar-refractivity contribution < 1.29 is 14.3 Å². The lowest BCUT2D eigenvalue weighted by molar-refractivity contribution is -0.152. The van der Waals surface area contributed by atoms with Gasteiger partial charge in [-0.25, -0.2) is 4.79 Å². The minimum Gasteiger partial charge on any atom is -0.461 e. The fourth-order valence-corrected chi connectivity index (χ4v) is 1.78. The molecule has 5 nitrogen and oxygen atoms in total. The highest BCUT2D eigenvalue weighted by Crippen LogP contribution is 2.10. The molecule has 2 unspecified atom stereocenters. The molecule has 3 N–H and O–H groups in total. The summed E-state index contributed by atoms with van der Waals surface area (Å²) >= 11 is 0. The van der Waals surface area contributed by atoms with Crippen molar-refractivity contribution >= 4 is 24.3 Å². The first-order valence-electron chi connectivity index (χ1n) is 7.45. The third kappa shape index (κ3) is 8.94. The molecule has 3 atom stereocenters. The molecule has 0 bridgehead atoms. The molecular weight excluding hydrogens is 292 g/mol. The van der Waals surface area contributed by atoms with Crippen LogP contribution in [0.5, 0.6) is 0 Å². The van der Waals surface area contributed by atoms with E-state index in [1.165, 1.54) is 0 Å². The van der Waals surface area contributed by atoms with E-state index in [2.05, 4.69) is 5.32 Å². The summed E-state index contributed by atoms with van der Waals surface area (Å²) in [5.41, 5.74) is 5.89. The molecule has 126 valence electrons. The molecule has 0 saturated heterocycles. The van der Waals surface area contributed by atoms with Crippen molar-refractivity contribution in [3.63, 3.8) is 0 Å². The lowest BCUT2D eigenvalue weighted by Crippen LogP contribution is -2.51. The van der Waals surface area contributed by atoms with Crippen molar-refractivity contribution in [2.75, 3.05) is 0 Å². The zero-order chi connectivity index (χ0) is 15.9. The monoisotopic (exact) mass is 322 g/mol. The number of nitrogens with one attached hydrogen (secondary N) is 1. The van der Waals surface area contributed by atoms with Crippen LogP contribution in [0.25, 0.3) is 0 Å². The molecular formula is C15H31ClN2O3. The van der Waals surface area contributed by atoms with E-state index in [1.807, 2.05) is 27.7 Å². The van der Waals surface area contributed by atoms with Gasteiger partial charge in [-0.2, -0.15) is 0 Å². The van der Waals surface area contributed by atoms with Gasteiger partial charge in [0.1, 0.15) is 6.04 Å². The molecule has 21 heavy (non-hydrogen) atoms. The Labute approximate surface area is 134 Å². The van der Waals surface area contributed by atoms with Crippen LogP contribution < -0.4 is 11.1 Å². The van der Waals surface area contributed by atoms with Crippen LogP contribution in [0.3, 0.4) is 0 Å². The van der Waals surface area contributed by atoms with Gasteiger partial charge in [-0.1, -0.05) is 34.1 Å². The standard InChI is InChI=1S/C15H30N2O3.ClH/c1-7-11(6)13(16)14(18)17-12(8-9(2)3)15(19)20-10(4)5;/h9-13H,7-8,16H2,1-6H3,(H,17,18);1H/t11?,12-,13?;/m0./s1. The molecule has 0 aromatic carbocycles. The van der Waals surface area contributed by atoms with Crippen LogP contribution in [-0.4, -0.2) is 30.1 Å². The molecule has 0 aliphatic carbocycles. The summed E-state index contributed by atoms with van der Waals surface area (Å²) in [5.74, 6) is -0.320. The maximum absolute atomic E-state index is 12.1. The SMILES string of the molecule is CCC(C)C(N)C(=O)N[C@@H](CC(C)C)C(=O)OC(C)C.Cl. The molecule has 0 saturated carbocycles. The Hall–Kier alpha value is -0.810. The highest BCUT2D eigenvalue weighted by atomic mass is 35.5. The van der Waals surface area contributed by atoms with Crippen LogP contribution in [0.2, 0.25) is 0 Å². The largest absolute Gasteiger partial charge is 0.461 e. The van der Waals surface area contributed by atoms with Crippen molar-refractivity contribution in [2.24, 2.45) is 17.6 Å². The van der Waals surface area contributed by atoms with Gasteiger partial charge in [0.25, 0.3) is 0 Å². The van der Waals surface area contributed by atoms with Gasteiger partial charge in [0.05, 0.1) is 12.1 Å². The van der Waals surface area contributed by atoms with Crippen LogP contribution in [0.1, 0.15) is 54.4 Å².